The van der Waals surface area contributed by atoms with E-state index in [-0.39, 0.29) is 18.4 Å². The van der Waals surface area contributed by atoms with Crippen molar-refractivity contribution in [1.29, 1.82) is 0 Å². The van der Waals surface area contributed by atoms with Crippen LogP contribution in [0.25, 0.3) is 0 Å². The largest absolute Gasteiger partial charge is 0.326 e. The molecule has 2 rings (SSSR count). The van der Waals surface area contributed by atoms with Crippen molar-refractivity contribution in [3.63, 3.8) is 0 Å². The molecule has 0 saturated carbocycles. The van der Waals surface area contributed by atoms with Gasteiger partial charge in [0.1, 0.15) is 0 Å². The van der Waals surface area contributed by atoms with Gasteiger partial charge in [-0.25, -0.2) is 0 Å². The first-order chi connectivity index (χ1) is 9.15. The van der Waals surface area contributed by atoms with E-state index in [0.29, 0.717) is 0 Å². The molecular weight excluding hydrogens is 304 g/mol. The SMILES string of the molecule is NC(CC(=O)Nc1ccc(Br)cc1)c1ccccc1. The average molecular weight is 319 g/mol. The second kappa shape index (κ2) is 6.50. The highest BCUT2D eigenvalue weighted by Gasteiger charge is 2.11. The number of carbonyl (C=O) groups is 1. The number of halogens is 1. The molecule has 0 aliphatic carbocycles. The second-order valence-electron chi connectivity index (χ2n) is 4.28. The van der Waals surface area contributed by atoms with Crippen molar-refractivity contribution < 1.29 is 4.79 Å². The molecule has 2 aromatic carbocycles. The van der Waals surface area contributed by atoms with E-state index in [4.69, 9.17) is 5.73 Å². The second-order valence-corrected chi connectivity index (χ2v) is 5.19. The van der Waals surface area contributed by atoms with E-state index < -0.39 is 0 Å². The summed E-state index contributed by atoms with van der Waals surface area (Å²) in [7, 11) is 0. The minimum absolute atomic E-state index is 0.0846. The zero-order chi connectivity index (χ0) is 13.7. The van der Waals surface area contributed by atoms with Crippen LogP contribution in [0.15, 0.2) is 59.1 Å². The number of amides is 1. The van der Waals surface area contributed by atoms with Crippen LogP contribution >= 0.6 is 15.9 Å². The molecule has 3 nitrogen and oxygen atoms in total. The summed E-state index contributed by atoms with van der Waals surface area (Å²) >= 11 is 3.35. The molecule has 0 saturated heterocycles. The van der Waals surface area contributed by atoms with Gasteiger partial charge >= 0.3 is 0 Å². The summed E-state index contributed by atoms with van der Waals surface area (Å²) in [5.41, 5.74) is 7.74. The molecule has 0 spiro atoms. The van der Waals surface area contributed by atoms with E-state index in [1.165, 1.54) is 0 Å². The highest BCUT2D eigenvalue weighted by Crippen LogP contribution is 2.17. The average Bonchev–Trinajstić information content (AvgIpc) is 2.42. The van der Waals surface area contributed by atoms with Gasteiger partial charge in [-0.1, -0.05) is 46.3 Å². The maximum atomic E-state index is 11.9. The van der Waals surface area contributed by atoms with Crippen LogP contribution in [0, 0.1) is 0 Å². The summed E-state index contributed by atoms with van der Waals surface area (Å²) in [6.07, 6.45) is 0.264. The number of hydrogen-bond donors (Lipinski definition) is 2. The minimum Gasteiger partial charge on any atom is -0.326 e. The van der Waals surface area contributed by atoms with E-state index >= 15 is 0 Å². The summed E-state index contributed by atoms with van der Waals surface area (Å²) in [5, 5.41) is 2.83. The molecule has 3 N–H and O–H groups in total. The van der Waals surface area contributed by atoms with Crippen molar-refractivity contribution in [1.82, 2.24) is 0 Å². The van der Waals surface area contributed by atoms with Crippen LogP contribution in [0.2, 0.25) is 0 Å². The molecule has 4 heteroatoms. The van der Waals surface area contributed by atoms with Crippen LogP contribution in [-0.2, 0) is 4.79 Å². The number of nitrogens with two attached hydrogens (primary N) is 1. The van der Waals surface area contributed by atoms with Gasteiger partial charge in [0.05, 0.1) is 0 Å². The highest BCUT2D eigenvalue weighted by molar-refractivity contribution is 9.10. The molecule has 0 bridgehead atoms. The third-order valence-electron chi connectivity index (χ3n) is 2.76. The molecule has 0 heterocycles. The maximum Gasteiger partial charge on any atom is 0.226 e. The third-order valence-corrected chi connectivity index (χ3v) is 3.29. The Morgan fingerprint density at radius 1 is 1.11 bits per heavy atom. The number of rotatable bonds is 4. The fourth-order valence-corrected chi connectivity index (χ4v) is 2.03. The van der Waals surface area contributed by atoms with Gasteiger partial charge in [0.25, 0.3) is 0 Å². The smallest absolute Gasteiger partial charge is 0.226 e. The van der Waals surface area contributed by atoms with Gasteiger partial charge in [-0.2, -0.15) is 0 Å². The van der Waals surface area contributed by atoms with Crippen molar-refractivity contribution in [3.05, 3.63) is 64.6 Å². The van der Waals surface area contributed by atoms with Crippen LogP contribution in [0.1, 0.15) is 18.0 Å². The zero-order valence-corrected chi connectivity index (χ0v) is 11.9. The Bertz CT molecular complexity index is 540. The number of anilines is 1. The van der Waals surface area contributed by atoms with Crippen molar-refractivity contribution in [2.45, 2.75) is 12.5 Å². The Balaban J connectivity index is 1.93. The fourth-order valence-electron chi connectivity index (χ4n) is 1.76. The molecule has 19 heavy (non-hydrogen) atoms. The van der Waals surface area contributed by atoms with Crippen LogP contribution in [0.4, 0.5) is 5.69 Å². The summed E-state index contributed by atoms with van der Waals surface area (Å²) in [4.78, 5) is 11.9. The topological polar surface area (TPSA) is 55.1 Å². The quantitative estimate of drug-likeness (QED) is 0.906. The summed E-state index contributed by atoms with van der Waals surface area (Å²) in [6, 6.07) is 16.8. The maximum absolute atomic E-state index is 11.9. The first-order valence-electron chi connectivity index (χ1n) is 6.01. The molecule has 1 atom stereocenters. The van der Waals surface area contributed by atoms with Crippen molar-refractivity contribution in [2.24, 2.45) is 5.73 Å². The molecule has 0 radical (unpaired) electrons. The number of hydrogen-bond acceptors (Lipinski definition) is 2. The summed E-state index contributed by atoms with van der Waals surface area (Å²) in [5.74, 6) is -0.0846. The van der Waals surface area contributed by atoms with E-state index in [2.05, 4.69) is 21.2 Å². The van der Waals surface area contributed by atoms with Gasteiger partial charge in [0, 0.05) is 22.6 Å². The van der Waals surface area contributed by atoms with Crippen molar-refractivity contribution >= 4 is 27.5 Å². The monoisotopic (exact) mass is 318 g/mol. The predicted octanol–water partition coefficient (Wildman–Crippen LogP) is 3.48. The van der Waals surface area contributed by atoms with Gasteiger partial charge in [0.15, 0.2) is 0 Å². The molecular formula is C15H15BrN2O. The van der Waals surface area contributed by atoms with Crippen LogP contribution in [0.5, 0.6) is 0 Å². The normalized spacial score (nSPS) is 11.9. The van der Waals surface area contributed by atoms with E-state index in [9.17, 15) is 4.79 Å². The Hall–Kier alpha value is -1.65. The first-order valence-corrected chi connectivity index (χ1v) is 6.80. The molecule has 0 aliphatic rings. The zero-order valence-electron chi connectivity index (χ0n) is 10.3. The predicted molar refractivity (Wildman–Crippen MR) is 80.8 cm³/mol. The first kappa shape index (κ1) is 13.8. The standard InChI is InChI=1S/C15H15BrN2O/c16-12-6-8-13(9-7-12)18-15(19)10-14(17)11-4-2-1-3-5-11/h1-9,14H,10,17H2,(H,18,19). The lowest BCUT2D eigenvalue weighted by Gasteiger charge is -2.12. The highest BCUT2D eigenvalue weighted by atomic mass is 79.9. The van der Waals surface area contributed by atoms with Crippen LogP contribution in [-0.4, -0.2) is 5.91 Å². The van der Waals surface area contributed by atoms with Crippen molar-refractivity contribution in [2.75, 3.05) is 5.32 Å². The van der Waals surface area contributed by atoms with Gasteiger partial charge in [-0.3, -0.25) is 4.79 Å². The van der Waals surface area contributed by atoms with Gasteiger partial charge in [0.2, 0.25) is 5.91 Å². The summed E-state index contributed by atoms with van der Waals surface area (Å²) in [6.45, 7) is 0. The Morgan fingerprint density at radius 2 is 1.74 bits per heavy atom. The Morgan fingerprint density at radius 3 is 2.37 bits per heavy atom. The fraction of sp³-hybridized carbons (Fsp3) is 0.133. The van der Waals surface area contributed by atoms with E-state index in [1.54, 1.807) is 0 Å². The van der Waals surface area contributed by atoms with Crippen molar-refractivity contribution in [3.8, 4) is 0 Å². The lowest BCUT2D eigenvalue weighted by molar-refractivity contribution is -0.116. The molecule has 1 unspecified atom stereocenters. The number of benzene rings is 2. The molecule has 1 amide bonds. The van der Waals surface area contributed by atoms with E-state index in [1.807, 2.05) is 54.6 Å². The summed E-state index contributed by atoms with van der Waals surface area (Å²) < 4.78 is 0.978. The van der Waals surface area contributed by atoms with Crippen LogP contribution in [0.3, 0.4) is 0 Å². The molecule has 2 aromatic rings. The Labute approximate surface area is 121 Å². The number of nitrogens with one attached hydrogen (secondary N) is 1. The third kappa shape index (κ3) is 4.19. The molecule has 0 aromatic heterocycles. The molecule has 0 aliphatic heterocycles. The minimum atomic E-state index is -0.281. The molecule has 98 valence electrons. The van der Waals surface area contributed by atoms with E-state index in [0.717, 1.165) is 15.7 Å². The molecule has 0 fully saturated rings. The van der Waals surface area contributed by atoms with Gasteiger partial charge < -0.3 is 11.1 Å². The van der Waals surface area contributed by atoms with Crippen LogP contribution < -0.4 is 11.1 Å². The van der Waals surface area contributed by atoms with Gasteiger partial charge in [-0.05, 0) is 29.8 Å². The number of carbonyl (C=O) groups excluding carboxylic acids is 1. The van der Waals surface area contributed by atoms with Gasteiger partial charge in [-0.15, -0.1) is 0 Å². The lowest BCUT2D eigenvalue weighted by Crippen LogP contribution is -2.20. The Kier molecular flexibility index (Phi) is 4.71. The lowest BCUT2D eigenvalue weighted by atomic mass is 10.0.